The minimum Gasteiger partial charge on any atom is -0.496 e. The fourth-order valence-corrected chi connectivity index (χ4v) is 7.85. The average molecular weight is 611 g/mol. The molecule has 7 rings (SSSR count). The molecule has 7 nitrogen and oxygen atoms in total. The summed E-state index contributed by atoms with van der Waals surface area (Å²) < 4.78 is 26.4. The molecule has 3 fully saturated rings. The summed E-state index contributed by atoms with van der Waals surface area (Å²) in [5, 5.41) is 7.42. The first kappa shape index (κ1) is 27.7. The Morgan fingerprint density at radius 2 is 1.93 bits per heavy atom. The van der Waals surface area contributed by atoms with Crippen LogP contribution in [-0.2, 0) is 15.1 Å². The van der Waals surface area contributed by atoms with E-state index in [2.05, 4.69) is 15.5 Å². The smallest absolute Gasteiger partial charge is 0.341 e. The van der Waals surface area contributed by atoms with Crippen LogP contribution in [0.25, 0.3) is 0 Å². The minimum atomic E-state index is -1.15. The van der Waals surface area contributed by atoms with Gasteiger partial charge < -0.3 is 20.1 Å². The number of methoxy groups -OCH3 is 2. The number of carbonyl (C=O) groups excluding carboxylic acids is 2. The molecule has 3 aromatic rings. The molecule has 218 valence electrons. The predicted molar refractivity (Wildman–Crippen MR) is 158 cm³/mol. The molecule has 10 heteroatoms. The molecule has 3 aliphatic heterocycles. The van der Waals surface area contributed by atoms with Gasteiger partial charge >= 0.3 is 5.97 Å². The van der Waals surface area contributed by atoms with Crippen molar-refractivity contribution in [3.63, 3.8) is 0 Å². The standard InChI is InChI=1S/C32H30Cl2FN3O4/c1-41-26-12-17(8-10-19(26)30(39)42-2)23-14-25-29(36-23)27(20-4-3-5-22(34)28(20)35)32(38(25)15-16-6-7-16)21-11-9-18(33)13-24(21)37-31(32)40/h3-5,8-13,16,23,25,27,29,36H,6-7,14-15H2,1-2H3,(H,37,40)/t23-,25+,27+,29-,32-/m0/s1. The van der Waals surface area contributed by atoms with Crippen molar-refractivity contribution >= 4 is 40.8 Å². The Morgan fingerprint density at radius 3 is 2.67 bits per heavy atom. The van der Waals surface area contributed by atoms with E-state index in [0.717, 1.165) is 24.0 Å². The zero-order valence-electron chi connectivity index (χ0n) is 23.1. The highest BCUT2D eigenvalue weighted by Gasteiger charge is 2.69. The van der Waals surface area contributed by atoms with Crippen molar-refractivity contribution < 1.29 is 23.5 Å². The molecule has 3 heterocycles. The van der Waals surface area contributed by atoms with Crippen LogP contribution in [-0.4, -0.2) is 49.6 Å². The lowest BCUT2D eigenvalue weighted by Gasteiger charge is -2.41. The first-order chi connectivity index (χ1) is 20.3. The van der Waals surface area contributed by atoms with Crippen molar-refractivity contribution in [3.8, 4) is 5.75 Å². The maximum absolute atomic E-state index is 16.0. The summed E-state index contributed by atoms with van der Waals surface area (Å²) in [4.78, 5) is 28.9. The van der Waals surface area contributed by atoms with Crippen LogP contribution in [0.3, 0.4) is 0 Å². The molecule has 5 atom stereocenters. The fraction of sp³-hybridized carbons (Fsp3) is 0.375. The molecule has 0 bridgehead atoms. The van der Waals surface area contributed by atoms with E-state index in [1.54, 1.807) is 30.3 Å². The second-order valence-corrected chi connectivity index (χ2v) is 12.5. The molecule has 1 aliphatic carbocycles. The molecular formula is C32H30Cl2FN3O4. The number of hydrogen-bond donors (Lipinski definition) is 2. The number of hydrogen-bond acceptors (Lipinski definition) is 6. The monoisotopic (exact) mass is 609 g/mol. The highest BCUT2D eigenvalue weighted by molar-refractivity contribution is 6.31. The summed E-state index contributed by atoms with van der Waals surface area (Å²) in [6.45, 7) is 0.717. The van der Waals surface area contributed by atoms with Crippen LogP contribution in [0.1, 0.15) is 58.3 Å². The normalized spacial score (nSPS) is 28.1. The Bertz CT molecular complexity index is 1610. The number of rotatable bonds is 6. The van der Waals surface area contributed by atoms with Gasteiger partial charge in [-0.1, -0.05) is 47.5 Å². The Labute approximate surface area is 253 Å². The van der Waals surface area contributed by atoms with Gasteiger partial charge in [-0.25, -0.2) is 9.18 Å². The molecule has 4 aliphatic rings. The number of carbonyl (C=O) groups is 2. The summed E-state index contributed by atoms with van der Waals surface area (Å²) >= 11 is 12.7. The van der Waals surface area contributed by atoms with Crippen LogP contribution < -0.4 is 15.4 Å². The van der Waals surface area contributed by atoms with E-state index >= 15 is 4.39 Å². The van der Waals surface area contributed by atoms with E-state index in [4.69, 9.17) is 32.7 Å². The van der Waals surface area contributed by atoms with Crippen molar-refractivity contribution in [1.82, 2.24) is 10.2 Å². The minimum absolute atomic E-state index is 0.0206. The molecule has 0 radical (unpaired) electrons. The van der Waals surface area contributed by atoms with Crippen LogP contribution >= 0.6 is 23.2 Å². The zero-order chi connectivity index (χ0) is 29.3. The number of anilines is 1. The molecule has 1 amide bonds. The second-order valence-electron chi connectivity index (χ2n) is 11.6. The van der Waals surface area contributed by atoms with E-state index in [-0.39, 0.29) is 29.1 Å². The number of ether oxygens (including phenoxy) is 2. The highest BCUT2D eigenvalue weighted by Crippen LogP contribution is 2.61. The number of nitrogens with zero attached hydrogens (tertiary/aromatic N) is 1. The third-order valence-electron chi connectivity index (χ3n) is 9.44. The van der Waals surface area contributed by atoms with E-state index in [9.17, 15) is 9.59 Å². The van der Waals surface area contributed by atoms with Gasteiger partial charge in [0.1, 0.15) is 22.7 Å². The molecule has 2 N–H and O–H groups in total. The molecule has 42 heavy (non-hydrogen) atoms. The first-order valence-corrected chi connectivity index (χ1v) is 14.9. The van der Waals surface area contributed by atoms with Crippen molar-refractivity contribution in [2.75, 3.05) is 26.1 Å². The number of likely N-dealkylation sites (tertiary alicyclic amines) is 1. The molecule has 1 saturated carbocycles. The van der Waals surface area contributed by atoms with Crippen LogP contribution in [0.4, 0.5) is 10.1 Å². The van der Waals surface area contributed by atoms with Gasteiger partial charge in [-0.15, -0.1) is 0 Å². The fourth-order valence-electron chi connectivity index (χ4n) is 7.50. The van der Waals surface area contributed by atoms with E-state index in [1.807, 2.05) is 18.2 Å². The van der Waals surface area contributed by atoms with Gasteiger partial charge in [-0.2, -0.15) is 0 Å². The largest absolute Gasteiger partial charge is 0.496 e. The second kappa shape index (κ2) is 10.2. The SMILES string of the molecule is COC(=O)c1ccc([C@@H]2C[C@@H]3[C@H](N2)[C@@H](c2cccc(Cl)c2F)[C@@]2(C(=O)Nc4cc(Cl)ccc42)N3CC2CC2)cc1OC. The summed E-state index contributed by atoms with van der Waals surface area (Å²) in [7, 11) is 2.85. The lowest BCUT2D eigenvalue weighted by Crippen LogP contribution is -2.53. The summed E-state index contributed by atoms with van der Waals surface area (Å²) in [5.41, 5.74) is 1.99. The predicted octanol–water partition coefficient (Wildman–Crippen LogP) is 6.06. The van der Waals surface area contributed by atoms with E-state index in [0.29, 0.717) is 46.5 Å². The number of fused-ring (bicyclic) bond motifs is 3. The Hall–Kier alpha value is -3.17. The highest BCUT2D eigenvalue weighted by atomic mass is 35.5. The zero-order valence-corrected chi connectivity index (χ0v) is 24.6. The van der Waals surface area contributed by atoms with Crippen LogP contribution in [0.5, 0.6) is 5.75 Å². The van der Waals surface area contributed by atoms with Crippen LogP contribution in [0.15, 0.2) is 54.6 Å². The Kier molecular flexibility index (Phi) is 6.73. The summed E-state index contributed by atoms with van der Waals surface area (Å²) in [6, 6.07) is 15.4. The van der Waals surface area contributed by atoms with Gasteiger partial charge in [-0.3, -0.25) is 9.69 Å². The van der Waals surface area contributed by atoms with Gasteiger partial charge in [0, 0.05) is 46.9 Å². The van der Waals surface area contributed by atoms with Gasteiger partial charge in [0.2, 0.25) is 5.91 Å². The maximum Gasteiger partial charge on any atom is 0.341 e. The van der Waals surface area contributed by atoms with Crippen molar-refractivity contribution in [1.29, 1.82) is 0 Å². The number of benzene rings is 3. The van der Waals surface area contributed by atoms with Gasteiger partial charge in [0.05, 0.1) is 19.2 Å². The topological polar surface area (TPSA) is 79.9 Å². The number of esters is 1. The van der Waals surface area contributed by atoms with Crippen LogP contribution in [0, 0.1) is 11.7 Å². The maximum atomic E-state index is 16.0. The molecule has 0 unspecified atom stereocenters. The van der Waals surface area contributed by atoms with Crippen molar-refractivity contribution in [2.45, 2.75) is 48.8 Å². The number of nitrogens with one attached hydrogen (secondary N) is 2. The first-order valence-electron chi connectivity index (χ1n) is 14.1. The Morgan fingerprint density at radius 1 is 1.12 bits per heavy atom. The van der Waals surface area contributed by atoms with Crippen LogP contribution in [0.2, 0.25) is 10.0 Å². The average Bonchev–Trinajstić information content (AvgIpc) is 3.55. The molecule has 1 spiro atoms. The van der Waals surface area contributed by atoms with Crippen molar-refractivity contribution in [2.24, 2.45) is 5.92 Å². The number of halogens is 3. The Balaban J connectivity index is 1.38. The van der Waals surface area contributed by atoms with Crippen molar-refractivity contribution in [3.05, 3.63) is 92.7 Å². The van der Waals surface area contributed by atoms with Gasteiger partial charge in [0.15, 0.2) is 0 Å². The van der Waals surface area contributed by atoms with E-state index < -0.39 is 23.2 Å². The quantitative estimate of drug-likeness (QED) is 0.331. The lowest BCUT2D eigenvalue weighted by atomic mass is 9.73. The number of amides is 1. The van der Waals surface area contributed by atoms with E-state index in [1.165, 1.54) is 20.3 Å². The third kappa shape index (κ3) is 4.07. The summed E-state index contributed by atoms with van der Waals surface area (Å²) in [6.07, 6.45) is 2.87. The molecule has 3 aromatic carbocycles. The van der Waals surface area contributed by atoms with Gasteiger partial charge in [0.25, 0.3) is 0 Å². The summed E-state index contributed by atoms with van der Waals surface area (Å²) in [5.74, 6) is -0.865. The molecular weight excluding hydrogens is 580 g/mol. The van der Waals surface area contributed by atoms with Gasteiger partial charge in [-0.05, 0) is 66.6 Å². The molecule has 0 aromatic heterocycles. The lowest BCUT2D eigenvalue weighted by molar-refractivity contribution is -0.128. The molecule has 2 saturated heterocycles. The third-order valence-corrected chi connectivity index (χ3v) is 9.96.